The number of benzene rings is 2. The van der Waals surface area contributed by atoms with E-state index in [2.05, 4.69) is 5.32 Å². The number of para-hydroxylation sites is 1. The van der Waals surface area contributed by atoms with Crippen LogP contribution in [0.2, 0.25) is 0 Å². The smallest absolute Gasteiger partial charge is 0.132 e. The molecule has 0 radical (unpaired) electrons. The third-order valence-corrected chi connectivity index (χ3v) is 5.22. The summed E-state index contributed by atoms with van der Waals surface area (Å²) in [5.74, 6) is 0.597. The quantitative estimate of drug-likeness (QED) is 0.804. The van der Waals surface area contributed by atoms with E-state index in [0.29, 0.717) is 6.61 Å². The van der Waals surface area contributed by atoms with Gasteiger partial charge in [-0.25, -0.2) is 4.39 Å². The van der Waals surface area contributed by atoms with E-state index in [0.717, 1.165) is 29.3 Å². The summed E-state index contributed by atoms with van der Waals surface area (Å²) in [6.07, 6.45) is -0.0135. The molecule has 2 aromatic rings. The molecule has 0 saturated carbocycles. The summed E-state index contributed by atoms with van der Waals surface area (Å²) in [6.45, 7) is 2.28. The van der Waals surface area contributed by atoms with Crippen molar-refractivity contribution in [3.05, 3.63) is 59.9 Å². The summed E-state index contributed by atoms with van der Waals surface area (Å²) in [6, 6.07) is 14.6. The van der Waals surface area contributed by atoms with Gasteiger partial charge in [0.1, 0.15) is 11.6 Å². The molecule has 6 heteroatoms. The van der Waals surface area contributed by atoms with Gasteiger partial charge >= 0.3 is 0 Å². The Kier molecular flexibility index (Phi) is 7.37. The Morgan fingerprint density at radius 2 is 2.08 bits per heavy atom. The van der Waals surface area contributed by atoms with Gasteiger partial charge in [-0.15, -0.1) is 24.2 Å². The minimum Gasteiger partial charge on any atom is -0.496 e. The first-order chi connectivity index (χ1) is 11.3. The van der Waals surface area contributed by atoms with E-state index in [1.807, 2.05) is 30.3 Å². The Bertz CT molecular complexity index is 652. The maximum atomic E-state index is 13.7. The first-order valence-corrected chi connectivity index (χ1v) is 8.53. The molecule has 0 unspecified atom stereocenters. The number of methoxy groups -OCH3 is 1. The molecule has 0 bridgehead atoms. The number of ether oxygens (including phenoxy) is 2. The van der Waals surface area contributed by atoms with Gasteiger partial charge in [0.25, 0.3) is 0 Å². The van der Waals surface area contributed by atoms with Crippen molar-refractivity contribution >= 4 is 24.2 Å². The third kappa shape index (κ3) is 4.63. The second-order valence-electron chi connectivity index (χ2n) is 5.36. The largest absolute Gasteiger partial charge is 0.496 e. The third-order valence-electron chi connectivity index (χ3n) is 3.79. The van der Waals surface area contributed by atoms with Crippen molar-refractivity contribution in [1.82, 2.24) is 5.32 Å². The zero-order valence-electron chi connectivity index (χ0n) is 13.4. The minimum absolute atomic E-state index is 0. The molecule has 1 fully saturated rings. The summed E-state index contributed by atoms with van der Waals surface area (Å²) >= 11 is 1.65. The van der Waals surface area contributed by atoms with Crippen LogP contribution >= 0.6 is 24.2 Å². The molecule has 1 aliphatic heterocycles. The maximum Gasteiger partial charge on any atom is 0.132 e. The standard InChI is InChI=1S/C18H20FNO2S.ClH/c1-21-15-7-2-3-8-17(15)23-18(16-12-20-9-10-22-16)13-5-4-6-14(19)11-13;/h2-8,11,16,18,20H,9-10,12H2,1H3;1H/t16-,18-;/m1./s1. The molecule has 3 rings (SSSR count). The topological polar surface area (TPSA) is 30.5 Å². The zero-order valence-corrected chi connectivity index (χ0v) is 15.0. The second-order valence-corrected chi connectivity index (χ2v) is 6.54. The van der Waals surface area contributed by atoms with Gasteiger partial charge in [0, 0.05) is 13.1 Å². The SMILES string of the molecule is COc1ccccc1S[C@H](c1cccc(F)c1)[C@H]1CNCCO1.Cl. The number of rotatable bonds is 5. The van der Waals surface area contributed by atoms with Crippen molar-refractivity contribution < 1.29 is 13.9 Å². The monoisotopic (exact) mass is 369 g/mol. The molecule has 0 amide bonds. The number of halogens is 2. The lowest BCUT2D eigenvalue weighted by atomic mass is 10.1. The number of hydrogen-bond acceptors (Lipinski definition) is 4. The Labute approximate surface area is 152 Å². The molecule has 1 heterocycles. The first kappa shape index (κ1) is 19.1. The normalized spacial score (nSPS) is 18.5. The van der Waals surface area contributed by atoms with Crippen molar-refractivity contribution in [1.29, 1.82) is 0 Å². The minimum atomic E-state index is -0.225. The van der Waals surface area contributed by atoms with Crippen LogP contribution in [-0.2, 0) is 4.74 Å². The fourth-order valence-electron chi connectivity index (χ4n) is 2.68. The van der Waals surface area contributed by atoms with E-state index in [-0.39, 0.29) is 29.6 Å². The molecule has 0 aliphatic carbocycles. The van der Waals surface area contributed by atoms with Crippen LogP contribution in [0.5, 0.6) is 5.75 Å². The molecule has 0 aromatic heterocycles. The van der Waals surface area contributed by atoms with Crippen LogP contribution in [0.4, 0.5) is 4.39 Å². The molecule has 1 aliphatic rings. The fourth-order valence-corrected chi connectivity index (χ4v) is 3.98. The second kappa shape index (κ2) is 9.28. The predicted molar refractivity (Wildman–Crippen MR) is 97.8 cm³/mol. The van der Waals surface area contributed by atoms with Crippen LogP contribution in [0.15, 0.2) is 53.4 Å². The molecule has 24 heavy (non-hydrogen) atoms. The van der Waals surface area contributed by atoms with Crippen LogP contribution < -0.4 is 10.1 Å². The molecule has 1 saturated heterocycles. The van der Waals surface area contributed by atoms with Crippen molar-refractivity contribution in [2.45, 2.75) is 16.2 Å². The van der Waals surface area contributed by atoms with Crippen LogP contribution in [0.3, 0.4) is 0 Å². The number of thioether (sulfide) groups is 1. The van der Waals surface area contributed by atoms with Crippen molar-refractivity contribution in [2.75, 3.05) is 26.8 Å². The lowest BCUT2D eigenvalue weighted by Crippen LogP contribution is -2.41. The molecule has 2 aromatic carbocycles. The van der Waals surface area contributed by atoms with Gasteiger partial charge in [-0.2, -0.15) is 0 Å². The number of hydrogen-bond donors (Lipinski definition) is 1. The van der Waals surface area contributed by atoms with Gasteiger partial charge in [-0.3, -0.25) is 0 Å². The average molecular weight is 370 g/mol. The highest BCUT2D eigenvalue weighted by atomic mass is 35.5. The van der Waals surface area contributed by atoms with E-state index in [1.165, 1.54) is 6.07 Å². The Hall–Kier alpha value is -1.27. The Morgan fingerprint density at radius 3 is 2.79 bits per heavy atom. The van der Waals surface area contributed by atoms with E-state index >= 15 is 0 Å². The fraction of sp³-hybridized carbons (Fsp3) is 0.333. The molecule has 0 spiro atoms. The Balaban J connectivity index is 0.00000208. The van der Waals surface area contributed by atoms with E-state index < -0.39 is 0 Å². The summed E-state index contributed by atoms with van der Waals surface area (Å²) in [7, 11) is 1.66. The van der Waals surface area contributed by atoms with Gasteiger partial charge in [-0.1, -0.05) is 24.3 Å². The maximum absolute atomic E-state index is 13.7. The number of nitrogens with one attached hydrogen (secondary N) is 1. The molecule has 2 atom stereocenters. The Morgan fingerprint density at radius 1 is 1.25 bits per heavy atom. The first-order valence-electron chi connectivity index (χ1n) is 7.65. The summed E-state index contributed by atoms with van der Waals surface area (Å²) in [4.78, 5) is 1.03. The highest BCUT2D eigenvalue weighted by Crippen LogP contribution is 2.43. The lowest BCUT2D eigenvalue weighted by molar-refractivity contribution is 0.0273. The lowest BCUT2D eigenvalue weighted by Gasteiger charge is -2.31. The van der Waals surface area contributed by atoms with E-state index in [9.17, 15) is 4.39 Å². The average Bonchev–Trinajstić information content (AvgIpc) is 2.60. The van der Waals surface area contributed by atoms with Gasteiger partial charge in [0.2, 0.25) is 0 Å². The number of morpholine rings is 1. The van der Waals surface area contributed by atoms with Gasteiger partial charge in [0.15, 0.2) is 0 Å². The van der Waals surface area contributed by atoms with Crippen molar-refractivity contribution in [2.24, 2.45) is 0 Å². The van der Waals surface area contributed by atoms with Crippen LogP contribution in [0.1, 0.15) is 10.8 Å². The van der Waals surface area contributed by atoms with E-state index in [1.54, 1.807) is 31.0 Å². The highest BCUT2D eigenvalue weighted by molar-refractivity contribution is 7.99. The molecular formula is C18H21ClFNO2S. The molecular weight excluding hydrogens is 349 g/mol. The summed E-state index contributed by atoms with van der Waals surface area (Å²) in [5.41, 5.74) is 0.926. The van der Waals surface area contributed by atoms with E-state index in [4.69, 9.17) is 9.47 Å². The molecule has 3 nitrogen and oxygen atoms in total. The zero-order chi connectivity index (χ0) is 16.1. The summed E-state index contributed by atoms with van der Waals surface area (Å²) in [5, 5.41) is 3.35. The highest BCUT2D eigenvalue weighted by Gasteiger charge is 2.28. The summed E-state index contributed by atoms with van der Waals surface area (Å²) < 4.78 is 25.1. The van der Waals surface area contributed by atoms with Crippen LogP contribution in [0, 0.1) is 5.82 Å². The van der Waals surface area contributed by atoms with Crippen molar-refractivity contribution in [3.8, 4) is 5.75 Å². The van der Waals surface area contributed by atoms with Crippen molar-refractivity contribution in [3.63, 3.8) is 0 Å². The van der Waals surface area contributed by atoms with Crippen LogP contribution in [0.25, 0.3) is 0 Å². The predicted octanol–water partition coefficient (Wildman–Crippen LogP) is 4.08. The van der Waals surface area contributed by atoms with Gasteiger partial charge in [-0.05, 0) is 29.8 Å². The van der Waals surface area contributed by atoms with Gasteiger partial charge in [0.05, 0.1) is 30.0 Å². The molecule has 130 valence electrons. The van der Waals surface area contributed by atoms with Crippen LogP contribution in [-0.4, -0.2) is 32.9 Å². The molecule has 1 N–H and O–H groups in total. The van der Waals surface area contributed by atoms with Gasteiger partial charge < -0.3 is 14.8 Å².